The van der Waals surface area contributed by atoms with E-state index in [2.05, 4.69) is 22.0 Å². The zero-order valence-corrected chi connectivity index (χ0v) is 14.4. The summed E-state index contributed by atoms with van der Waals surface area (Å²) in [4.78, 5) is 23.2. The fourth-order valence-electron chi connectivity index (χ4n) is 2.92. The maximum absolute atomic E-state index is 12.5. The van der Waals surface area contributed by atoms with Gasteiger partial charge in [-0.15, -0.1) is 11.3 Å². The number of rotatable bonds is 5. The zero-order valence-electron chi connectivity index (χ0n) is 13.6. The molecule has 0 aromatic carbocycles. The summed E-state index contributed by atoms with van der Waals surface area (Å²) < 4.78 is 5.01. The summed E-state index contributed by atoms with van der Waals surface area (Å²) in [6, 6.07) is 0. The van der Waals surface area contributed by atoms with Crippen LogP contribution in [0.1, 0.15) is 53.4 Å². The molecule has 0 N–H and O–H groups in total. The van der Waals surface area contributed by atoms with Crippen molar-refractivity contribution in [3.05, 3.63) is 27.8 Å². The average Bonchev–Trinajstić information content (AvgIpc) is 3.17. The number of hydrogen-bond donors (Lipinski definition) is 0. The Kier molecular flexibility index (Phi) is 5.05. The Morgan fingerprint density at radius 1 is 1.39 bits per heavy atom. The lowest BCUT2D eigenvalue weighted by Gasteiger charge is -2.31. The van der Waals surface area contributed by atoms with Crippen molar-refractivity contribution in [2.75, 3.05) is 13.1 Å². The molecule has 3 heterocycles. The monoisotopic (exact) mass is 334 g/mol. The molecule has 0 unspecified atom stereocenters. The van der Waals surface area contributed by atoms with Gasteiger partial charge in [0, 0.05) is 31.8 Å². The molecule has 0 spiro atoms. The van der Waals surface area contributed by atoms with Crippen LogP contribution >= 0.6 is 11.3 Å². The average molecular weight is 334 g/mol. The lowest BCUT2D eigenvalue weighted by Crippen LogP contribution is -2.39. The molecule has 23 heavy (non-hydrogen) atoms. The quantitative estimate of drug-likeness (QED) is 0.841. The maximum Gasteiger partial charge on any atom is 0.273 e. The minimum Gasteiger partial charge on any atom is -0.340 e. The molecule has 124 valence electrons. The molecule has 6 nitrogen and oxygen atoms in total. The van der Waals surface area contributed by atoms with E-state index in [0.29, 0.717) is 17.5 Å². The Balaban J connectivity index is 1.52. The van der Waals surface area contributed by atoms with Gasteiger partial charge in [0.25, 0.3) is 5.91 Å². The molecule has 1 aliphatic rings. The highest BCUT2D eigenvalue weighted by molar-refractivity contribution is 7.09. The van der Waals surface area contributed by atoms with Gasteiger partial charge in [0.2, 0.25) is 5.89 Å². The number of carbonyl (C=O) groups excluding carboxylic acids is 1. The summed E-state index contributed by atoms with van der Waals surface area (Å²) in [6.07, 6.45) is 4.79. The predicted molar refractivity (Wildman–Crippen MR) is 87.5 cm³/mol. The zero-order chi connectivity index (χ0) is 16.2. The number of piperidine rings is 1. The fraction of sp³-hybridized carbons (Fsp3) is 0.625. The van der Waals surface area contributed by atoms with Crippen molar-refractivity contribution in [3.63, 3.8) is 0 Å². The van der Waals surface area contributed by atoms with Crippen LogP contribution in [0.15, 0.2) is 9.90 Å². The third-order valence-corrected chi connectivity index (χ3v) is 5.09. The molecule has 0 radical (unpaired) electrons. The lowest BCUT2D eigenvalue weighted by molar-refractivity contribution is 0.0684. The first-order valence-corrected chi connectivity index (χ1v) is 9.06. The molecular formula is C16H22N4O2S. The summed E-state index contributed by atoms with van der Waals surface area (Å²) in [6.45, 7) is 5.49. The minimum absolute atomic E-state index is 0.0671. The van der Waals surface area contributed by atoms with Gasteiger partial charge in [-0.25, -0.2) is 4.98 Å². The first kappa shape index (κ1) is 16.1. The summed E-state index contributed by atoms with van der Waals surface area (Å²) in [5.41, 5.74) is 0.602. The van der Waals surface area contributed by atoms with Crippen molar-refractivity contribution >= 4 is 17.2 Å². The van der Waals surface area contributed by atoms with Crippen LogP contribution in [0.25, 0.3) is 0 Å². The van der Waals surface area contributed by atoms with Crippen LogP contribution in [0, 0.1) is 12.8 Å². The van der Waals surface area contributed by atoms with Crippen molar-refractivity contribution in [1.29, 1.82) is 0 Å². The van der Waals surface area contributed by atoms with Crippen LogP contribution < -0.4 is 0 Å². The van der Waals surface area contributed by atoms with Crippen molar-refractivity contribution in [2.24, 2.45) is 5.92 Å². The Hall–Kier alpha value is -1.76. The molecule has 2 aromatic rings. The third-order valence-electron chi connectivity index (χ3n) is 4.18. The van der Waals surface area contributed by atoms with E-state index in [1.807, 2.05) is 10.3 Å². The second-order valence-corrected chi connectivity index (χ2v) is 6.99. The molecule has 1 amide bonds. The SMILES string of the molecule is CCCc1nc(C(=O)N2CCC(Cc3noc(C)n3)CC2)cs1. The number of hydrogen-bond acceptors (Lipinski definition) is 6. The van der Waals surface area contributed by atoms with Crippen LogP contribution in [0.4, 0.5) is 0 Å². The van der Waals surface area contributed by atoms with Gasteiger partial charge < -0.3 is 9.42 Å². The molecular weight excluding hydrogens is 312 g/mol. The number of nitrogens with zero attached hydrogens (tertiary/aromatic N) is 4. The van der Waals surface area contributed by atoms with Gasteiger partial charge in [-0.3, -0.25) is 4.79 Å². The van der Waals surface area contributed by atoms with Crippen LogP contribution in [-0.4, -0.2) is 39.0 Å². The van der Waals surface area contributed by atoms with Crippen LogP contribution in [0.3, 0.4) is 0 Å². The van der Waals surface area contributed by atoms with Crippen LogP contribution in [0.2, 0.25) is 0 Å². The first-order valence-electron chi connectivity index (χ1n) is 8.18. The Bertz CT molecular complexity index is 659. The van der Waals surface area contributed by atoms with Crippen LogP contribution in [-0.2, 0) is 12.8 Å². The van der Waals surface area contributed by atoms with E-state index >= 15 is 0 Å². The molecule has 3 rings (SSSR count). The Morgan fingerprint density at radius 3 is 2.83 bits per heavy atom. The van der Waals surface area contributed by atoms with Crippen molar-refractivity contribution < 1.29 is 9.32 Å². The van der Waals surface area contributed by atoms with Gasteiger partial charge in [-0.05, 0) is 31.6 Å². The topological polar surface area (TPSA) is 72.1 Å². The number of thiazole rings is 1. The van der Waals surface area contributed by atoms with Gasteiger partial charge in [0.15, 0.2) is 5.82 Å². The van der Waals surface area contributed by atoms with Gasteiger partial charge in [-0.2, -0.15) is 4.98 Å². The van der Waals surface area contributed by atoms with E-state index in [-0.39, 0.29) is 5.91 Å². The Labute approximate surface area is 139 Å². The summed E-state index contributed by atoms with van der Waals surface area (Å²) >= 11 is 1.59. The second kappa shape index (κ2) is 7.21. The van der Waals surface area contributed by atoms with Crippen LogP contribution in [0.5, 0.6) is 0 Å². The van der Waals surface area contributed by atoms with E-state index < -0.39 is 0 Å². The third kappa shape index (κ3) is 3.96. The number of amides is 1. The van der Waals surface area contributed by atoms with E-state index in [9.17, 15) is 4.79 Å². The second-order valence-electron chi connectivity index (χ2n) is 6.05. The van der Waals surface area contributed by atoms with E-state index in [1.165, 1.54) is 0 Å². The summed E-state index contributed by atoms with van der Waals surface area (Å²) in [5, 5.41) is 6.90. The highest BCUT2D eigenvalue weighted by Crippen LogP contribution is 2.22. The Morgan fingerprint density at radius 2 is 2.17 bits per heavy atom. The fourth-order valence-corrected chi connectivity index (χ4v) is 3.80. The van der Waals surface area contributed by atoms with Gasteiger partial charge in [-0.1, -0.05) is 12.1 Å². The molecule has 0 atom stereocenters. The standard InChI is InChI=1S/C16H22N4O2S/c1-3-4-15-18-13(10-23-15)16(21)20-7-5-12(6-8-20)9-14-17-11(2)22-19-14/h10,12H,3-9H2,1-2H3. The molecule has 0 aliphatic carbocycles. The minimum atomic E-state index is 0.0671. The largest absolute Gasteiger partial charge is 0.340 e. The van der Waals surface area contributed by atoms with Gasteiger partial charge in [0.1, 0.15) is 5.69 Å². The highest BCUT2D eigenvalue weighted by Gasteiger charge is 2.26. The lowest BCUT2D eigenvalue weighted by atomic mass is 9.93. The predicted octanol–water partition coefficient (Wildman–Crippen LogP) is 2.88. The molecule has 2 aromatic heterocycles. The van der Waals surface area contributed by atoms with Gasteiger partial charge >= 0.3 is 0 Å². The van der Waals surface area contributed by atoms with E-state index in [0.717, 1.165) is 56.0 Å². The summed E-state index contributed by atoms with van der Waals surface area (Å²) in [7, 11) is 0. The van der Waals surface area contributed by atoms with Crippen molar-refractivity contribution in [1.82, 2.24) is 20.0 Å². The van der Waals surface area contributed by atoms with Crippen molar-refractivity contribution in [3.8, 4) is 0 Å². The smallest absolute Gasteiger partial charge is 0.273 e. The number of aryl methyl sites for hydroxylation is 2. The summed E-state index contributed by atoms with van der Waals surface area (Å²) in [5.74, 6) is 1.97. The first-order chi connectivity index (χ1) is 11.2. The molecule has 1 saturated heterocycles. The number of carbonyl (C=O) groups is 1. The molecule has 0 bridgehead atoms. The van der Waals surface area contributed by atoms with Gasteiger partial charge in [0.05, 0.1) is 5.01 Å². The van der Waals surface area contributed by atoms with E-state index in [4.69, 9.17) is 4.52 Å². The molecule has 7 heteroatoms. The highest BCUT2D eigenvalue weighted by atomic mass is 32.1. The molecule has 1 aliphatic heterocycles. The number of likely N-dealkylation sites (tertiary alicyclic amines) is 1. The molecule has 0 saturated carbocycles. The number of aromatic nitrogens is 3. The van der Waals surface area contributed by atoms with E-state index in [1.54, 1.807) is 18.3 Å². The maximum atomic E-state index is 12.5. The molecule has 1 fully saturated rings. The van der Waals surface area contributed by atoms with Crippen molar-refractivity contribution in [2.45, 2.75) is 46.0 Å². The normalized spacial score (nSPS) is 16.0.